The summed E-state index contributed by atoms with van der Waals surface area (Å²) < 4.78 is 5.35. The standard InChI is InChI=1S/C43H67N9O8/c1-28(2)26-33(37(54)45-10)48-38(55)34(27-31-18-13-11-14-19-31)49-41(58)52(32-20-15-12-16-21-32)24-17-23-51(25-22-46-42(59)60-43(6,7)8)40(57)50-35(29(3)4)39(56)47-30(5)36(53)44-9/h11-16,18-21,28-30,33-35H,17,22-27H2,1-10H3,(H,44,53)(H,45,54)(H,46,59)(H,47,56)(H,48,55)(H,49,58)(H,50,57)/t30-,33-,34-,35-/m0/s1. The molecule has 0 aromatic heterocycles. The van der Waals surface area contributed by atoms with E-state index in [0.717, 1.165) is 5.56 Å². The van der Waals surface area contributed by atoms with Gasteiger partial charge in [-0.3, -0.25) is 24.1 Å². The zero-order valence-electron chi connectivity index (χ0n) is 36.8. The molecule has 0 unspecified atom stereocenters. The van der Waals surface area contributed by atoms with Crippen LogP contribution in [0.25, 0.3) is 0 Å². The van der Waals surface area contributed by atoms with E-state index < -0.39 is 65.6 Å². The van der Waals surface area contributed by atoms with Gasteiger partial charge in [-0.1, -0.05) is 76.2 Å². The molecule has 0 saturated heterocycles. The molecule has 0 fully saturated rings. The van der Waals surface area contributed by atoms with Gasteiger partial charge in [-0.15, -0.1) is 0 Å². The number of nitrogens with zero attached hydrogens (tertiary/aromatic N) is 2. The van der Waals surface area contributed by atoms with Gasteiger partial charge in [0.15, 0.2) is 0 Å². The number of carbonyl (C=O) groups excluding carboxylic acids is 7. The van der Waals surface area contributed by atoms with E-state index in [4.69, 9.17) is 4.74 Å². The molecule has 0 saturated carbocycles. The van der Waals surface area contributed by atoms with Crippen LogP contribution in [0.1, 0.15) is 73.8 Å². The SMILES string of the molecule is CNC(=O)[C@H](C)NC(=O)[C@@H](NC(=O)N(CCCN(C(=O)N[C@@H](Cc1ccccc1)C(=O)N[C@@H](CC(C)C)C(=O)NC)c1ccccc1)CCNC(=O)OC(C)(C)C)C(C)C. The Kier molecular flexibility index (Phi) is 20.9. The van der Waals surface area contributed by atoms with Crippen LogP contribution >= 0.6 is 0 Å². The lowest BCUT2D eigenvalue weighted by Crippen LogP contribution is -2.57. The Bertz CT molecular complexity index is 1700. The summed E-state index contributed by atoms with van der Waals surface area (Å²) in [7, 11) is 2.96. The first-order valence-electron chi connectivity index (χ1n) is 20.5. The van der Waals surface area contributed by atoms with E-state index in [1.54, 1.807) is 65.0 Å². The van der Waals surface area contributed by atoms with Crippen molar-refractivity contribution in [3.05, 3.63) is 66.2 Å². The van der Waals surface area contributed by atoms with Crippen molar-refractivity contribution >= 4 is 47.5 Å². The highest BCUT2D eigenvalue weighted by atomic mass is 16.6. The zero-order chi connectivity index (χ0) is 45.0. The van der Waals surface area contributed by atoms with Crippen molar-refractivity contribution in [2.75, 3.05) is 45.2 Å². The van der Waals surface area contributed by atoms with Crippen molar-refractivity contribution < 1.29 is 38.3 Å². The Balaban J connectivity index is 2.38. The second-order valence-corrected chi connectivity index (χ2v) is 16.3. The van der Waals surface area contributed by atoms with E-state index >= 15 is 0 Å². The molecule has 0 aliphatic rings. The molecule has 0 aliphatic carbocycles. The van der Waals surface area contributed by atoms with Crippen LogP contribution in [0, 0.1) is 11.8 Å². The quantitative estimate of drug-likeness (QED) is 0.0988. The summed E-state index contributed by atoms with van der Waals surface area (Å²) in [6, 6.07) is 13.1. The van der Waals surface area contributed by atoms with E-state index in [2.05, 4.69) is 37.2 Å². The van der Waals surface area contributed by atoms with Crippen molar-refractivity contribution in [1.82, 2.24) is 42.1 Å². The van der Waals surface area contributed by atoms with Gasteiger partial charge in [0.2, 0.25) is 23.6 Å². The molecule has 332 valence electrons. The number of alkyl carbamates (subject to hydrolysis) is 1. The van der Waals surface area contributed by atoms with Crippen molar-refractivity contribution in [3.63, 3.8) is 0 Å². The van der Waals surface area contributed by atoms with E-state index in [-0.39, 0.29) is 56.8 Å². The normalized spacial score (nSPS) is 13.1. The first-order valence-corrected chi connectivity index (χ1v) is 20.5. The molecule has 2 rings (SSSR count). The van der Waals surface area contributed by atoms with Crippen LogP contribution in [0.3, 0.4) is 0 Å². The molecule has 2 aromatic rings. The number of para-hydroxylation sites is 1. The van der Waals surface area contributed by atoms with E-state index in [1.165, 1.54) is 30.8 Å². The third kappa shape index (κ3) is 18.0. The van der Waals surface area contributed by atoms with E-state index in [9.17, 15) is 33.6 Å². The molecule has 17 heteroatoms. The molecular formula is C43H67N9O8. The molecule has 0 heterocycles. The van der Waals surface area contributed by atoms with Gasteiger partial charge in [-0.25, -0.2) is 14.4 Å². The second-order valence-electron chi connectivity index (χ2n) is 16.3. The summed E-state index contributed by atoms with van der Waals surface area (Å²) in [5.74, 6) is -2.07. The average Bonchev–Trinajstić information content (AvgIpc) is 3.19. The maximum atomic E-state index is 14.3. The monoisotopic (exact) mass is 838 g/mol. The first kappa shape index (κ1) is 50.3. The van der Waals surface area contributed by atoms with Gasteiger partial charge in [0, 0.05) is 52.4 Å². The predicted octanol–water partition coefficient (Wildman–Crippen LogP) is 3.29. The number of amides is 9. The van der Waals surface area contributed by atoms with Gasteiger partial charge >= 0.3 is 18.2 Å². The van der Waals surface area contributed by atoms with E-state index in [1.807, 2.05) is 44.2 Å². The van der Waals surface area contributed by atoms with Gasteiger partial charge in [0.1, 0.15) is 29.8 Å². The molecule has 0 spiro atoms. The van der Waals surface area contributed by atoms with Crippen LogP contribution in [0.2, 0.25) is 0 Å². The number of nitrogens with one attached hydrogen (secondary N) is 7. The summed E-state index contributed by atoms with van der Waals surface area (Å²) in [5.41, 5.74) is 0.580. The number of urea groups is 2. The van der Waals surface area contributed by atoms with Crippen LogP contribution in [0.15, 0.2) is 60.7 Å². The summed E-state index contributed by atoms with van der Waals surface area (Å²) >= 11 is 0. The number of ether oxygens (including phenoxy) is 1. The fourth-order valence-corrected chi connectivity index (χ4v) is 6.08. The third-order valence-corrected chi connectivity index (χ3v) is 9.17. The highest BCUT2D eigenvalue weighted by Crippen LogP contribution is 2.16. The van der Waals surface area contributed by atoms with Crippen molar-refractivity contribution in [3.8, 4) is 0 Å². The van der Waals surface area contributed by atoms with Crippen LogP contribution < -0.4 is 42.1 Å². The number of likely N-dealkylation sites (N-methyl/N-ethyl adjacent to an activating group) is 2. The average molecular weight is 838 g/mol. The Morgan fingerprint density at radius 3 is 1.80 bits per heavy atom. The van der Waals surface area contributed by atoms with Crippen LogP contribution in [0.5, 0.6) is 0 Å². The van der Waals surface area contributed by atoms with Crippen LogP contribution in [-0.2, 0) is 30.3 Å². The minimum atomic E-state index is -1.06. The minimum Gasteiger partial charge on any atom is -0.444 e. The number of anilines is 1. The van der Waals surface area contributed by atoms with Crippen molar-refractivity contribution in [2.24, 2.45) is 11.8 Å². The minimum absolute atomic E-state index is 0.0155. The highest BCUT2D eigenvalue weighted by Gasteiger charge is 2.31. The van der Waals surface area contributed by atoms with Crippen molar-refractivity contribution in [1.29, 1.82) is 0 Å². The highest BCUT2D eigenvalue weighted by molar-refractivity contribution is 5.97. The lowest BCUT2D eigenvalue weighted by molar-refractivity contribution is -0.130. The van der Waals surface area contributed by atoms with Gasteiger partial charge < -0.3 is 46.9 Å². The molecular weight excluding hydrogens is 771 g/mol. The summed E-state index contributed by atoms with van der Waals surface area (Å²) in [4.78, 5) is 95.5. The second kappa shape index (κ2) is 24.9. The molecule has 0 aliphatic heterocycles. The molecule has 9 amide bonds. The number of carbonyl (C=O) groups is 7. The number of hydrogen-bond donors (Lipinski definition) is 7. The Morgan fingerprint density at radius 1 is 0.650 bits per heavy atom. The fourth-order valence-electron chi connectivity index (χ4n) is 6.08. The summed E-state index contributed by atoms with van der Waals surface area (Å²) in [6.45, 7) is 14.3. The number of rotatable bonds is 21. The van der Waals surface area contributed by atoms with Gasteiger partial charge in [0.25, 0.3) is 0 Å². The predicted molar refractivity (Wildman–Crippen MR) is 231 cm³/mol. The lowest BCUT2D eigenvalue weighted by atomic mass is 10.0. The van der Waals surface area contributed by atoms with Gasteiger partial charge in [0.05, 0.1) is 0 Å². The number of hydrogen-bond acceptors (Lipinski definition) is 8. The summed E-state index contributed by atoms with van der Waals surface area (Å²) in [6.07, 6.45) is 0.103. The largest absolute Gasteiger partial charge is 0.444 e. The maximum absolute atomic E-state index is 14.3. The molecule has 4 atom stereocenters. The molecule has 2 aromatic carbocycles. The maximum Gasteiger partial charge on any atom is 0.407 e. The zero-order valence-corrected chi connectivity index (χ0v) is 36.8. The molecule has 17 nitrogen and oxygen atoms in total. The topological polar surface area (TPSA) is 219 Å². The molecule has 60 heavy (non-hydrogen) atoms. The van der Waals surface area contributed by atoms with Gasteiger partial charge in [-0.05, 0) is 70.1 Å². The first-order chi connectivity index (χ1) is 28.3. The van der Waals surface area contributed by atoms with Crippen molar-refractivity contribution in [2.45, 2.75) is 104 Å². The van der Waals surface area contributed by atoms with Crippen LogP contribution in [-0.4, -0.2) is 117 Å². The van der Waals surface area contributed by atoms with Crippen LogP contribution in [0.4, 0.5) is 20.1 Å². The van der Waals surface area contributed by atoms with Gasteiger partial charge in [-0.2, -0.15) is 0 Å². The molecule has 0 radical (unpaired) electrons. The third-order valence-electron chi connectivity index (χ3n) is 9.17. The number of benzene rings is 2. The summed E-state index contributed by atoms with van der Waals surface area (Å²) in [5, 5.41) is 18.9. The fraction of sp³-hybridized carbons (Fsp3) is 0.558. The lowest BCUT2D eigenvalue weighted by Gasteiger charge is -2.30. The Hall–Kier alpha value is -5.87. The molecule has 0 bridgehead atoms. The Labute approximate surface area is 354 Å². The van der Waals surface area contributed by atoms with E-state index in [0.29, 0.717) is 12.1 Å². The molecule has 7 N–H and O–H groups in total. The smallest absolute Gasteiger partial charge is 0.407 e. The Morgan fingerprint density at radius 2 is 1.25 bits per heavy atom.